The van der Waals surface area contributed by atoms with Crippen molar-refractivity contribution in [3.05, 3.63) is 73.8 Å². The highest BCUT2D eigenvalue weighted by atomic mass is 19.1. The predicted molar refractivity (Wildman–Crippen MR) is 135 cm³/mol. The Morgan fingerprint density at radius 2 is 1.91 bits per heavy atom. The summed E-state index contributed by atoms with van der Waals surface area (Å²) in [6, 6.07) is 6.22. The van der Waals surface area contributed by atoms with Crippen molar-refractivity contribution < 1.29 is 19.0 Å². The number of aromatic nitrogens is 1. The Bertz CT molecular complexity index is 1240. The molecule has 0 spiro atoms. The molecule has 1 aromatic heterocycles. The fourth-order valence-corrected chi connectivity index (χ4v) is 4.11. The summed E-state index contributed by atoms with van der Waals surface area (Å²) in [6.07, 6.45) is 4.92. The van der Waals surface area contributed by atoms with Crippen LogP contribution in [0.5, 0.6) is 5.75 Å². The number of H-pyrrole nitrogens is 1. The number of carbonyl (C=O) groups excluding carboxylic acids is 1. The number of carbonyl (C=O) groups is 1. The lowest BCUT2D eigenvalue weighted by Crippen LogP contribution is -2.42. The molecule has 1 amide bonds. The number of aromatic hydroxyl groups is 1. The first-order valence-electron chi connectivity index (χ1n) is 11.9. The average molecular weight is 484 g/mol. The van der Waals surface area contributed by atoms with Crippen molar-refractivity contribution in [1.29, 1.82) is 0 Å². The number of aromatic amines is 1. The van der Waals surface area contributed by atoms with Crippen molar-refractivity contribution in [2.45, 2.75) is 33.6 Å². The van der Waals surface area contributed by atoms with Crippen LogP contribution in [0.15, 0.2) is 40.7 Å². The fourth-order valence-electron chi connectivity index (χ4n) is 4.11. The van der Waals surface area contributed by atoms with Gasteiger partial charge in [0.1, 0.15) is 17.1 Å². The molecular formula is C27H34FN3O4. The van der Waals surface area contributed by atoms with Crippen LogP contribution in [0.3, 0.4) is 0 Å². The SMILES string of the molecule is C/C=C(\C=c1\[nH]c(=O)c(C(=O)NCCCN2CCOCC2)c(O)c1=C(C)C)Cc1ccc(F)cc1. The van der Waals surface area contributed by atoms with Gasteiger partial charge in [-0.25, -0.2) is 4.39 Å². The minimum absolute atomic E-state index is 0.287. The molecule has 0 radical (unpaired) electrons. The number of rotatable bonds is 8. The smallest absolute Gasteiger partial charge is 0.265 e. The highest BCUT2D eigenvalue weighted by molar-refractivity contribution is 5.96. The number of morpholine rings is 1. The van der Waals surface area contributed by atoms with E-state index in [1.54, 1.807) is 18.2 Å². The summed E-state index contributed by atoms with van der Waals surface area (Å²) < 4.78 is 18.6. The van der Waals surface area contributed by atoms with Crippen molar-refractivity contribution in [2.75, 3.05) is 39.4 Å². The van der Waals surface area contributed by atoms with Crippen molar-refractivity contribution in [3.63, 3.8) is 0 Å². The fraction of sp³-hybridized carbons (Fsp3) is 0.407. The second kappa shape index (κ2) is 12.5. The van der Waals surface area contributed by atoms with E-state index in [0.717, 1.165) is 42.8 Å². The van der Waals surface area contributed by atoms with Gasteiger partial charge in [0.25, 0.3) is 11.5 Å². The van der Waals surface area contributed by atoms with Crippen molar-refractivity contribution in [2.24, 2.45) is 0 Å². The van der Waals surface area contributed by atoms with E-state index in [1.165, 1.54) is 12.1 Å². The maximum absolute atomic E-state index is 13.2. The molecule has 2 aromatic rings. The van der Waals surface area contributed by atoms with Gasteiger partial charge in [0.2, 0.25) is 0 Å². The van der Waals surface area contributed by atoms with E-state index in [1.807, 2.05) is 26.8 Å². The Morgan fingerprint density at radius 1 is 1.23 bits per heavy atom. The van der Waals surface area contributed by atoms with E-state index in [4.69, 9.17) is 4.74 Å². The summed E-state index contributed by atoms with van der Waals surface area (Å²) in [5.74, 6) is -1.23. The number of pyridine rings is 1. The number of ether oxygens (including phenoxy) is 1. The maximum Gasteiger partial charge on any atom is 0.265 e. The Balaban J connectivity index is 1.82. The first-order valence-corrected chi connectivity index (χ1v) is 11.9. The molecule has 0 unspecified atom stereocenters. The largest absolute Gasteiger partial charge is 0.506 e. The van der Waals surface area contributed by atoms with Crippen LogP contribution in [0.25, 0.3) is 11.6 Å². The third-order valence-electron chi connectivity index (χ3n) is 6.01. The quantitative estimate of drug-likeness (QED) is 0.498. The van der Waals surface area contributed by atoms with Crippen LogP contribution < -0.4 is 21.4 Å². The first kappa shape index (κ1) is 26.4. The van der Waals surface area contributed by atoms with E-state index in [2.05, 4.69) is 15.2 Å². The zero-order valence-corrected chi connectivity index (χ0v) is 20.6. The van der Waals surface area contributed by atoms with Crippen LogP contribution >= 0.6 is 0 Å². The van der Waals surface area contributed by atoms with Gasteiger partial charge in [0, 0.05) is 24.9 Å². The van der Waals surface area contributed by atoms with Gasteiger partial charge in [-0.2, -0.15) is 0 Å². The summed E-state index contributed by atoms with van der Waals surface area (Å²) in [5, 5.41) is 14.6. The molecule has 188 valence electrons. The minimum atomic E-state index is -0.651. The van der Waals surface area contributed by atoms with Crippen molar-refractivity contribution >= 4 is 17.6 Å². The van der Waals surface area contributed by atoms with Crippen molar-refractivity contribution in [1.82, 2.24) is 15.2 Å². The van der Waals surface area contributed by atoms with Crippen LogP contribution in [0.4, 0.5) is 4.39 Å². The Kier molecular flexibility index (Phi) is 9.39. The molecule has 1 aliphatic rings. The van der Waals surface area contributed by atoms with Gasteiger partial charge >= 0.3 is 0 Å². The molecule has 2 heterocycles. The van der Waals surface area contributed by atoms with Gasteiger partial charge < -0.3 is 20.1 Å². The van der Waals surface area contributed by atoms with Gasteiger partial charge in [-0.3, -0.25) is 14.5 Å². The number of nitrogens with zero attached hydrogens (tertiary/aromatic N) is 1. The predicted octanol–water partition coefficient (Wildman–Crippen LogP) is 1.83. The third kappa shape index (κ3) is 7.13. The number of nitrogens with one attached hydrogen (secondary N) is 2. The molecule has 1 aromatic carbocycles. The molecule has 0 saturated carbocycles. The van der Waals surface area contributed by atoms with Crippen LogP contribution in [-0.4, -0.2) is 60.3 Å². The molecule has 1 aliphatic heterocycles. The van der Waals surface area contributed by atoms with Crippen LogP contribution in [0.1, 0.15) is 43.1 Å². The summed E-state index contributed by atoms with van der Waals surface area (Å²) in [5.41, 5.74) is 1.60. The summed E-state index contributed by atoms with van der Waals surface area (Å²) in [6.45, 7) is 9.89. The summed E-state index contributed by atoms with van der Waals surface area (Å²) in [7, 11) is 0. The van der Waals surface area contributed by atoms with E-state index >= 15 is 0 Å². The number of allylic oxidation sites excluding steroid dienone is 2. The molecule has 1 saturated heterocycles. The lowest BCUT2D eigenvalue weighted by Gasteiger charge is -2.26. The lowest BCUT2D eigenvalue weighted by molar-refractivity contribution is 0.0374. The highest BCUT2D eigenvalue weighted by Gasteiger charge is 2.18. The van der Waals surface area contributed by atoms with Gasteiger partial charge in [0.15, 0.2) is 0 Å². The molecule has 35 heavy (non-hydrogen) atoms. The summed E-state index contributed by atoms with van der Waals surface area (Å²) in [4.78, 5) is 30.7. The van der Waals surface area contributed by atoms with E-state index in [-0.39, 0.29) is 17.1 Å². The standard InChI is InChI=1S/C27H34FN3O4/c1-4-19(16-20-6-8-21(28)9-7-20)17-22-23(18(2)3)25(32)24(27(34)30-22)26(33)29-10-5-11-31-12-14-35-15-13-31/h4,6-9,17,32H,5,10-16H2,1-3H3,(H,29,33)(H,30,34)/b19-4-,22-17+. The molecule has 0 aliphatic carbocycles. The molecule has 0 atom stereocenters. The van der Waals surface area contributed by atoms with E-state index < -0.39 is 11.5 Å². The highest BCUT2D eigenvalue weighted by Crippen LogP contribution is 2.11. The molecule has 0 bridgehead atoms. The number of benzene rings is 1. The van der Waals surface area contributed by atoms with Crippen LogP contribution in [-0.2, 0) is 11.2 Å². The Morgan fingerprint density at radius 3 is 2.54 bits per heavy atom. The van der Waals surface area contributed by atoms with Gasteiger partial charge in [-0.15, -0.1) is 0 Å². The zero-order valence-electron chi connectivity index (χ0n) is 20.6. The number of hydrogen-bond donors (Lipinski definition) is 3. The Hall–Kier alpha value is -3.23. The van der Waals surface area contributed by atoms with Gasteiger partial charge in [-0.1, -0.05) is 23.8 Å². The Labute approximate surface area is 204 Å². The van der Waals surface area contributed by atoms with Crippen LogP contribution in [0, 0.1) is 5.82 Å². The maximum atomic E-state index is 13.2. The molecule has 7 nitrogen and oxygen atoms in total. The number of hydrogen-bond acceptors (Lipinski definition) is 5. The van der Waals surface area contributed by atoms with Gasteiger partial charge in [-0.05, 0) is 69.5 Å². The zero-order chi connectivity index (χ0) is 25.4. The average Bonchev–Trinajstić information content (AvgIpc) is 2.83. The first-order chi connectivity index (χ1) is 16.8. The monoisotopic (exact) mass is 483 g/mol. The lowest BCUT2D eigenvalue weighted by atomic mass is 10.0. The third-order valence-corrected chi connectivity index (χ3v) is 6.01. The second-order valence-corrected chi connectivity index (χ2v) is 8.84. The summed E-state index contributed by atoms with van der Waals surface area (Å²) >= 11 is 0. The van der Waals surface area contributed by atoms with E-state index in [9.17, 15) is 19.1 Å². The van der Waals surface area contributed by atoms with E-state index in [0.29, 0.717) is 36.7 Å². The van der Waals surface area contributed by atoms with Crippen molar-refractivity contribution in [3.8, 4) is 5.75 Å². The molecule has 8 heteroatoms. The minimum Gasteiger partial charge on any atom is -0.506 e. The molecule has 3 rings (SSSR count). The molecular weight excluding hydrogens is 449 g/mol. The molecule has 3 N–H and O–H groups in total. The normalized spacial score (nSPS) is 15.3. The van der Waals surface area contributed by atoms with Crippen LogP contribution in [0.2, 0.25) is 0 Å². The molecule has 1 fully saturated rings. The van der Waals surface area contributed by atoms with Gasteiger partial charge in [0.05, 0.1) is 18.6 Å². The number of halogens is 1. The number of amides is 1. The second-order valence-electron chi connectivity index (χ2n) is 8.84. The topological polar surface area (TPSA) is 94.7 Å².